The normalized spacial score (nSPS) is 14.8. The number of carbonyl (C=O) groups excluding carboxylic acids is 3. The smallest absolute Gasteiger partial charge is 0.422 e. The topological polar surface area (TPSA) is 72.9 Å². The van der Waals surface area contributed by atoms with Crippen LogP contribution in [0.15, 0.2) is 78.4 Å². The van der Waals surface area contributed by atoms with Crippen molar-refractivity contribution in [2.45, 2.75) is 19.2 Å². The largest absolute Gasteiger partial charge is 0.488 e. The summed E-state index contributed by atoms with van der Waals surface area (Å²) in [5, 5.41) is 0.403. The first-order valence-corrected chi connectivity index (χ1v) is 11.4. The Morgan fingerprint density at radius 1 is 1.00 bits per heavy atom. The molecule has 4 rings (SSSR count). The zero-order valence-electron chi connectivity index (χ0n) is 19.1. The van der Waals surface area contributed by atoms with E-state index in [9.17, 15) is 27.6 Å². The lowest BCUT2D eigenvalue weighted by atomic mass is 10.1. The lowest BCUT2D eigenvalue weighted by Gasteiger charge is -2.13. The van der Waals surface area contributed by atoms with Gasteiger partial charge in [0.05, 0.1) is 17.7 Å². The van der Waals surface area contributed by atoms with Crippen molar-refractivity contribution >= 4 is 41.1 Å². The summed E-state index contributed by atoms with van der Waals surface area (Å²) in [5.74, 6) is -1.45. The van der Waals surface area contributed by atoms with Gasteiger partial charge in [-0.3, -0.25) is 9.59 Å². The predicted molar refractivity (Wildman–Crippen MR) is 130 cm³/mol. The maximum atomic E-state index is 13.0. The lowest BCUT2D eigenvalue weighted by molar-refractivity contribution is -0.161. The fourth-order valence-electron chi connectivity index (χ4n) is 3.61. The summed E-state index contributed by atoms with van der Waals surface area (Å²) in [6.45, 7) is -1.58. The summed E-state index contributed by atoms with van der Waals surface area (Å²) >= 11 is 6.00. The number of alkyl halides is 3. The van der Waals surface area contributed by atoms with Crippen LogP contribution in [0, 0.1) is 0 Å². The molecule has 2 amide bonds. The van der Waals surface area contributed by atoms with Crippen LogP contribution in [-0.2, 0) is 20.9 Å². The highest BCUT2D eigenvalue weighted by molar-refractivity contribution is 6.32. The van der Waals surface area contributed by atoms with Gasteiger partial charge in [0, 0.05) is 16.2 Å². The summed E-state index contributed by atoms with van der Waals surface area (Å²) in [4.78, 5) is 38.4. The van der Waals surface area contributed by atoms with Crippen LogP contribution in [0.5, 0.6) is 5.75 Å². The molecule has 37 heavy (non-hydrogen) atoms. The van der Waals surface area contributed by atoms with E-state index in [4.69, 9.17) is 16.3 Å². The Balaban J connectivity index is 1.44. The van der Waals surface area contributed by atoms with Crippen molar-refractivity contribution in [3.8, 4) is 5.75 Å². The lowest BCUT2D eigenvalue weighted by Crippen LogP contribution is -2.28. The van der Waals surface area contributed by atoms with Crippen LogP contribution in [0.4, 0.5) is 18.9 Å². The highest BCUT2D eigenvalue weighted by Gasteiger charge is 2.35. The number of nitrogens with zero attached hydrogens (tertiary/aromatic N) is 1. The molecular weight excluding hydrogens is 511 g/mol. The zero-order valence-corrected chi connectivity index (χ0v) is 19.9. The molecule has 10 heteroatoms. The number of benzene rings is 3. The third-order valence-corrected chi connectivity index (χ3v) is 5.57. The Labute approximate surface area is 214 Å². The fraction of sp³-hybridized carbons (Fsp3) is 0.148. The Hall–Kier alpha value is -4.11. The van der Waals surface area contributed by atoms with Gasteiger partial charge in [0.25, 0.3) is 5.91 Å². The van der Waals surface area contributed by atoms with Gasteiger partial charge in [-0.05, 0) is 48.0 Å². The number of hydrogen-bond acceptors (Lipinski definition) is 5. The van der Waals surface area contributed by atoms with Crippen LogP contribution in [-0.4, -0.2) is 30.6 Å². The summed E-state index contributed by atoms with van der Waals surface area (Å²) in [7, 11) is 0. The van der Waals surface area contributed by atoms with Crippen molar-refractivity contribution in [2.75, 3.05) is 11.5 Å². The second-order valence-corrected chi connectivity index (χ2v) is 8.51. The van der Waals surface area contributed by atoms with Crippen LogP contribution in [0.3, 0.4) is 0 Å². The number of halogens is 4. The molecule has 6 nitrogen and oxygen atoms in total. The predicted octanol–water partition coefficient (Wildman–Crippen LogP) is 5.99. The van der Waals surface area contributed by atoms with Crippen molar-refractivity contribution in [1.29, 1.82) is 0 Å². The summed E-state index contributed by atoms with van der Waals surface area (Å²) in [6, 6.07) is 19.2. The highest BCUT2D eigenvalue weighted by Crippen LogP contribution is 2.31. The molecule has 1 heterocycles. The molecule has 190 valence electrons. The first-order chi connectivity index (χ1) is 17.6. The Morgan fingerprint density at radius 3 is 2.43 bits per heavy atom. The summed E-state index contributed by atoms with van der Waals surface area (Å²) < 4.78 is 46.8. The molecule has 0 atom stereocenters. The average Bonchev–Trinajstić information content (AvgIpc) is 3.14. The summed E-state index contributed by atoms with van der Waals surface area (Å²) in [5.41, 5.74) is 1.89. The quantitative estimate of drug-likeness (QED) is 0.214. The Bertz CT molecular complexity index is 1370. The van der Waals surface area contributed by atoms with Crippen molar-refractivity contribution in [3.05, 3.63) is 100 Å². The molecule has 0 bridgehead atoms. The minimum atomic E-state index is -4.60. The van der Waals surface area contributed by atoms with Gasteiger partial charge in [0.2, 0.25) is 5.91 Å². The van der Waals surface area contributed by atoms with Gasteiger partial charge in [-0.1, -0.05) is 48.0 Å². The number of para-hydroxylation sites is 1. The standard InChI is InChI=1S/C27H19ClF3NO5/c28-21-5-3-6-22(14-21)32-24(33)13-20(25(32)34)12-19-4-1-2-7-23(19)36-15-17-8-10-18(11-9-17)26(35)37-16-27(29,30)31/h1-12,14H,13,15-16H2/b20-12+. The Morgan fingerprint density at radius 2 is 1.73 bits per heavy atom. The van der Waals surface area contributed by atoms with E-state index in [-0.39, 0.29) is 24.5 Å². The first-order valence-electron chi connectivity index (χ1n) is 11.0. The van der Waals surface area contributed by atoms with Crippen molar-refractivity contribution in [2.24, 2.45) is 0 Å². The molecule has 0 N–H and O–H groups in total. The molecule has 1 aliphatic heterocycles. The Kier molecular flexibility index (Phi) is 7.63. The molecule has 1 fully saturated rings. The van der Waals surface area contributed by atoms with Gasteiger partial charge >= 0.3 is 12.1 Å². The van der Waals surface area contributed by atoms with Crippen LogP contribution in [0.2, 0.25) is 5.02 Å². The molecule has 0 aliphatic carbocycles. The average molecular weight is 530 g/mol. The minimum Gasteiger partial charge on any atom is -0.488 e. The maximum Gasteiger partial charge on any atom is 0.422 e. The molecule has 1 saturated heterocycles. The highest BCUT2D eigenvalue weighted by atomic mass is 35.5. The molecule has 0 radical (unpaired) electrons. The van der Waals surface area contributed by atoms with Crippen LogP contribution in [0.25, 0.3) is 6.08 Å². The van der Waals surface area contributed by atoms with E-state index in [0.717, 1.165) is 4.90 Å². The molecular formula is C27H19ClF3NO5. The second kappa shape index (κ2) is 10.9. The number of hydrogen-bond donors (Lipinski definition) is 0. The molecule has 3 aromatic rings. The minimum absolute atomic E-state index is 0.0215. The van der Waals surface area contributed by atoms with E-state index >= 15 is 0 Å². The SMILES string of the molecule is O=C(OCC(F)(F)F)c1ccc(COc2ccccc2/C=C2\CC(=O)N(c3cccc(Cl)c3)C2=O)cc1. The van der Waals surface area contributed by atoms with Gasteiger partial charge in [0.1, 0.15) is 12.4 Å². The molecule has 1 aliphatic rings. The van der Waals surface area contributed by atoms with Crippen LogP contribution >= 0.6 is 11.6 Å². The van der Waals surface area contributed by atoms with Gasteiger partial charge in [-0.2, -0.15) is 13.2 Å². The molecule has 3 aromatic carbocycles. The number of anilines is 1. The number of amides is 2. The monoisotopic (exact) mass is 529 g/mol. The van der Waals surface area contributed by atoms with Crippen LogP contribution < -0.4 is 9.64 Å². The zero-order chi connectivity index (χ0) is 26.6. The maximum absolute atomic E-state index is 13.0. The van der Waals surface area contributed by atoms with E-state index in [2.05, 4.69) is 4.74 Å². The second-order valence-electron chi connectivity index (χ2n) is 8.08. The number of esters is 1. The summed E-state index contributed by atoms with van der Waals surface area (Å²) in [6.07, 6.45) is -3.08. The van der Waals surface area contributed by atoms with Gasteiger partial charge in [0.15, 0.2) is 6.61 Å². The number of carbonyl (C=O) groups is 3. The molecule has 0 saturated carbocycles. The van der Waals surface area contributed by atoms with E-state index < -0.39 is 24.7 Å². The van der Waals surface area contributed by atoms with Crippen molar-refractivity contribution < 1.29 is 37.0 Å². The first kappa shape index (κ1) is 26.0. The van der Waals surface area contributed by atoms with E-state index in [0.29, 0.717) is 33.2 Å². The van der Waals surface area contributed by atoms with Gasteiger partial charge in [-0.25, -0.2) is 9.69 Å². The molecule has 0 unspecified atom stereocenters. The van der Waals surface area contributed by atoms with Gasteiger partial charge in [-0.15, -0.1) is 0 Å². The van der Waals surface area contributed by atoms with Crippen molar-refractivity contribution in [3.63, 3.8) is 0 Å². The van der Waals surface area contributed by atoms with Crippen molar-refractivity contribution in [1.82, 2.24) is 0 Å². The fourth-order valence-corrected chi connectivity index (χ4v) is 3.80. The third kappa shape index (κ3) is 6.56. The van der Waals surface area contributed by atoms with E-state index in [1.54, 1.807) is 54.6 Å². The van der Waals surface area contributed by atoms with E-state index in [1.807, 2.05) is 0 Å². The number of ether oxygens (including phenoxy) is 2. The molecule has 0 aromatic heterocycles. The van der Waals surface area contributed by atoms with Gasteiger partial charge < -0.3 is 9.47 Å². The third-order valence-electron chi connectivity index (χ3n) is 5.33. The van der Waals surface area contributed by atoms with Crippen LogP contribution in [0.1, 0.15) is 27.9 Å². The number of imide groups is 1. The number of rotatable bonds is 7. The molecule has 0 spiro atoms. The van der Waals surface area contributed by atoms with E-state index in [1.165, 1.54) is 24.3 Å².